The van der Waals surface area contributed by atoms with Crippen LogP contribution in [0.1, 0.15) is 13.8 Å². The van der Waals surface area contributed by atoms with Gasteiger partial charge in [0.15, 0.2) is 0 Å². The van der Waals surface area contributed by atoms with E-state index >= 15 is 0 Å². The molecule has 0 aliphatic heterocycles. The molecule has 56 valence electrons. The van der Waals surface area contributed by atoms with Gasteiger partial charge in [-0.2, -0.15) is 0 Å². The number of H-pyrrole nitrogens is 2. The zero-order chi connectivity index (χ0) is 7.98. The minimum absolute atomic E-state index is 0.381. The molecule has 4 nitrogen and oxygen atoms in total. The van der Waals surface area contributed by atoms with E-state index in [4.69, 9.17) is 0 Å². The molecule has 0 radical (unpaired) electrons. The standard InChI is InChI=1S/C4H4N2O2.C2H6/c7-3-1-2-5-4(8)6-3;1-2/h1-2H,(H2,5,6,7,8);1-2H3. The van der Waals surface area contributed by atoms with Crippen molar-refractivity contribution < 1.29 is 0 Å². The van der Waals surface area contributed by atoms with E-state index in [0.29, 0.717) is 0 Å². The molecule has 0 unspecified atom stereocenters. The molecular weight excluding hydrogens is 132 g/mol. The van der Waals surface area contributed by atoms with Gasteiger partial charge in [0, 0.05) is 12.3 Å². The Hall–Kier alpha value is -1.32. The van der Waals surface area contributed by atoms with Crippen LogP contribution < -0.4 is 11.2 Å². The van der Waals surface area contributed by atoms with Crippen molar-refractivity contribution in [2.24, 2.45) is 0 Å². The van der Waals surface area contributed by atoms with E-state index in [1.165, 1.54) is 12.3 Å². The molecule has 10 heavy (non-hydrogen) atoms. The minimum Gasteiger partial charge on any atom is -0.314 e. The molecule has 0 bridgehead atoms. The van der Waals surface area contributed by atoms with Gasteiger partial charge in [-0.05, 0) is 0 Å². The van der Waals surface area contributed by atoms with Crippen LogP contribution in [-0.4, -0.2) is 9.97 Å². The Balaban J connectivity index is 0.000000371. The number of nitrogens with one attached hydrogen (secondary N) is 2. The second kappa shape index (κ2) is 4.55. The quantitative estimate of drug-likeness (QED) is 0.539. The van der Waals surface area contributed by atoms with Gasteiger partial charge in [-0.25, -0.2) is 4.79 Å². The average molecular weight is 142 g/mol. The van der Waals surface area contributed by atoms with Gasteiger partial charge in [-0.15, -0.1) is 0 Å². The largest absolute Gasteiger partial charge is 0.325 e. The lowest BCUT2D eigenvalue weighted by Gasteiger charge is -1.75. The molecule has 2 N–H and O–H groups in total. The van der Waals surface area contributed by atoms with Crippen LogP contribution in [0, 0.1) is 0 Å². The summed E-state index contributed by atoms with van der Waals surface area (Å²) in [6.45, 7) is 4.00. The van der Waals surface area contributed by atoms with Crippen LogP contribution in [-0.2, 0) is 0 Å². The molecule has 0 aliphatic rings. The summed E-state index contributed by atoms with van der Waals surface area (Å²) < 4.78 is 0. The molecule has 1 rings (SSSR count). The van der Waals surface area contributed by atoms with Crippen molar-refractivity contribution in [1.82, 2.24) is 9.97 Å². The molecule has 1 aromatic heterocycles. The third kappa shape index (κ3) is 2.86. The monoisotopic (exact) mass is 142 g/mol. The molecule has 0 aromatic carbocycles. The van der Waals surface area contributed by atoms with E-state index in [1.807, 2.05) is 18.8 Å². The molecular formula is C6H10N2O2. The molecule has 0 spiro atoms. The first-order valence-electron chi connectivity index (χ1n) is 3.07. The second-order valence-electron chi connectivity index (χ2n) is 1.30. The molecule has 4 heteroatoms. The van der Waals surface area contributed by atoms with E-state index in [1.54, 1.807) is 0 Å². The Morgan fingerprint density at radius 2 is 1.90 bits per heavy atom. The Morgan fingerprint density at radius 1 is 1.30 bits per heavy atom. The number of hydrogen-bond acceptors (Lipinski definition) is 2. The summed E-state index contributed by atoms with van der Waals surface area (Å²) in [6, 6.07) is 1.24. The number of aromatic nitrogens is 2. The van der Waals surface area contributed by atoms with Crippen molar-refractivity contribution in [2.45, 2.75) is 13.8 Å². The maximum Gasteiger partial charge on any atom is 0.325 e. The van der Waals surface area contributed by atoms with Gasteiger partial charge < -0.3 is 4.98 Å². The van der Waals surface area contributed by atoms with E-state index < -0.39 is 5.69 Å². The predicted molar refractivity (Wildman–Crippen MR) is 39.0 cm³/mol. The van der Waals surface area contributed by atoms with Crippen molar-refractivity contribution in [3.8, 4) is 0 Å². The lowest BCUT2D eigenvalue weighted by molar-refractivity contribution is 1.04. The van der Waals surface area contributed by atoms with Crippen molar-refractivity contribution in [1.29, 1.82) is 0 Å². The highest BCUT2D eigenvalue weighted by atomic mass is 16.2. The van der Waals surface area contributed by atoms with E-state index in [2.05, 4.69) is 4.98 Å². The number of rotatable bonds is 0. The summed E-state index contributed by atoms with van der Waals surface area (Å²) in [5, 5.41) is 0. The Labute approximate surface area is 57.9 Å². The molecule has 0 saturated carbocycles. The van der Waals surface area contributed by atoms with Crippen molar-refractivity contribution in [3.63, 3.8) is 0 Å². The van der Waals surface area contributed by atoms with Crippen LogP contribution in [0.15, 0.2) is 21.9 Å². The fourth-order valence-corrected chi connectivity index (χ4v) is 0.383. The first kappa shape index (κ1) is 8.68. The lowest BCUT2D eigenvalue weighted by atomic mass is 10.7. The van der Waals surface area contributed by atoms with Gasteiger partial charge in [0.1, 0.15) is 0 Å². The zero-order valence-corrected chi connectivity index (χ0v) is 5.97. The van der Waals surface area contributed by atoms with Gasteiger partial charge in [-0.1, -0.05) is 13.8 Å². The van der Waals surface area contributed by atoms with Crippen LogP contribution in [0.25, 0.3) is 0 Å². The normalized spacial score (nSPS) is 7.80. The first-order valence-corrected chi connectivity index (χ1v) is 3.07. The molecule has 0 aliphatic carbocycles. The lowest BCUT2D eigenvalue weighted by Crippen LogP contribution is -2.19. The molecule has 0 atom stereocenters. The average Bonchev–Trinajstić information content (AvgIpc) is 1.91. The molecule has 1 heterocycles. The Morgan fingerprint density at radius 3 is 2.20 bits per heavy atom. The number of hydrogen-bond donors (Lipinski definition) is 2. The summed E-state index contributed by atoms with van der Waals surface area (Å²) in [6.07, 6.45) is 1.29. The van der Waals surface area contributed by atoms with Crippen LogP contribution >= 0.6 is 0 Å². The topological polar surface area (TPSA) is 65.7 Å². The van der Waals surface area contributed by atoms with E-state index in [0.717, 1.165) is 0 Å². The first-order chi connectivity index (χ1) is 4.79. The summed E-state index contributed by atoms with van der Waals surface area (Å²) in [5.41, 5.74) is -0.855. The van der Waals surface area contributed by atoms with E-state index in [9.17, 15) is 9.59 Å². The van der Waals surface area contributed by atoms with Crippen molar-refractivity contribution in [3.05, 3.63) is 33.1 Å². The third-order valence-electron chi connectivity index (χ3n) is 0.686. The predicted octanol–water partition coefficient (Wildman–Crippen LogP) is 0.0894. The van der Waals surface area contributed by atoms with Crippen LogP contribution in [0.5, 0.6) is 0 Å². The summed E-state index contributed by atoms with van der Waals surface area (Å²) >= 11 is 0. The van der Waals surface area contributed by atoms with Crippen LogP contribution in [0.4, 0.5) is 0 Å². The van der Waals surface area contributed by atoms with Gasteiger partial charge in [0.05, 0.1) is 0 Å². The highest BCUT2D eigenvalue weighted by Gasteiger charge is 1.77. The van der Waals surface area contributed by atoms with Crippen molar-refractivity contribution in [2.75, 3.05) is 0 Å². The molecule has 0 amide bonds. The number of aromatic amines is 2. The van der Waals surface area contributed by atoms with Crippen molar-refractivity contribution >= 4 is 0 Å². The summed E-state index contributed by atoms with van der Waals surface area (Å²) in [7, 11) is 0. The maximum atomic E-state index is 10.2. The summed E-state index contributed by atoms with van der Waals surface area (Å²) in [5.74, 6) is 0. The van der Waals surface area contributed by atoms with Crippen LogP contribution in [0.3, 0.4) is 0 Å². The second-order valence-corrected chi connectivity index (χ2v) is 1.30. The maximum absolute atomic E-state index is 10.2. The van der Waals surface area contributed by atoms with Crippen LogP contribution in [0.2, 0.25) is 0 Å². The zero-order valence-electron chi connectivity index (χ0n) is 5.97. The Kier molecular flexibility index (Phi) is 3.95. The molecule has 0 saturated heterocycles. The SMILES string of the molecule is CC.O=c1cc[nH]c(=O)[nH]1. The fraction of sp³-hybridized carbons (Fsp3) is 0.333. The highest BCUT2D eigenvalue weighted by Crippen LogP contribution is 1.51. The molecule has 1 aromatic rings. The highest BCUT2D eigenvalue weighted by molar-refractivity contribution is 4.77. The molecule has 0 fully saturated rings. The minimum atomic E-state index is -0.475. The Bertz CT molecular complexity index is 248. The van der Waals surface area contributed by atoms with Gasteiger partial charge >= 0.3 is 5.69 Å². The van der Waals surface area contributed by atoms with Gasteiger partial charge in [0.25, 0.3) is 5.56 Å². The fourth-order valence-electron chi connectivity index (χ4n) is 0.383. The van der Waals surface area contributed by atoms with Gasteiger partial charge in [0.2, 0.25) is 0 Å². The smallest absolute Gasteiger partial charge is 0.314 e. The third-order valence-corrected chi connectivity index (χ3v) is 0.686. The summed E-state index contributed by atoms with van der Waals surface area (Å²) in [4.78, 5) is 24.7. The van der Waals surface area contributed by atoms with Gasteiger partial charge in [-0.3, -0.25) is 9.78 Å². The van der Waals surface area contributed by atoms with E-state index in [-0.39, 0.29) is 5.56 Å².